The summed E-state index contributed by atoms with van der Waals surface area (Å²) in [6.07, 6.45) is 4.41. The van der Waals surface area contributed by atoms with Crippen molar-refractivity contribution in [1.29, 1.82) is 0 Å². The van der Waals surface area contributed by atoms with Crippen molar-refractivity contribution >= 4 is 11.8 Å². The topological polar surface area (TPSA) is 110 Å². The first kappa shape index (κ1) is 14.5. The lowest BCUT2D eigenvalue weighted by atomic mass is 10.1. The van der Waals surface area contributed by atoms with Crippen LogP contribution in [0.4, 0.5) is 0 Å². The summed E-state index contributed by atoms with van der Waals surface area (Å²) in [4.78, 5) is 27.9. The molecule has 2 heterocycles. The van der Waals surface area contributed by atoms with Crippen LogP contribution in [-0.2, 0) is 4.79 Å². The van der Waals surface area contributed by atoms with Crippen molar-refractivity contribution in [3.8, 4) is 0 Å². The molecule has 0 spiro atoms. The van der Waals surface area contributed by atoms with E-state index in [0.717, 1.165) is 12.8 Å². The van der Waals surface area contributed by atoms with Crippen molar-refractivity contribution in [1.82, 2.24) is 15.6 Å². The largest absolute Gasteiger partial charge is 0.446 e. The number of nitrogens with zero attached hydrogens (tertiary/aromatic N) is 1. The molecule has 1 aromatic heterocycles. The quantitative estimate of drug-likeness (QED) is 0.743. The third kappa shape index (κ3) is 3.36. The zero-order valence-electron chi connectivity index (χ0n) is 11.5. The molecular formula is C13H20N4O3. The minimum Gasteiger partial charge on any atom is -0.446 e. The van der Waals surface area contributed by atoms with Gasteiger partial charge in [0.2, 0.25) is 11.8 Å². The van der Waals surface area contributed by atoms with Gasteiger partial charge in [-0.15, -0.1) is 0 Å². The Morgan fingerprint density at radius 2 is 2.45 bits per heavy atom. The molecule has 2 amide bonds. The smallest absolute Gasteiger partial charge is 0.273 e. The van der Waals surface area contributed by atoms with Gasteiger partial charge >= 0.3 is 0 Å². The van der Waals surface area contributed by atoms with Gasteiger partial charge in [0.25, 0.3) is 5.91 Å². The Bertz CT molecular complexity index is 486. The van der Waals surface area contributed by atoms with Crippen molar-refractivity contribution in [3.05, 3.63) is 17.8 Å². The first-order valence-electron chi connectivity index (χ1n) is 6.91. The van der Waals surface area contributed by atoms with Crippen LogP contribution >= 0.6 is 0 Å². The Labute approximate surface area is 117 Å². The molecule has 1 aromatic rings. The van der Waals surface area contributed by atoms with Gasteiger partial charge in [0.1, 0.15) is 12.3 Å². The van der Waals surface area contributed by atoms with Crippen molar-refractivity contribution in [2.24, 2.45) is 5.73 Å². The highest BCUT2D eigenvalue weighted by Gasteiger charge is 2.24. The molecule has 0 radical (unpaired) electrons. The number of hydrogen-bond donors (Lipinski definition) is 3. The number of rotatable bonds is 4. The summed E-state index contributed by atoms with van der Waals surface area (Å²) < 4.78 is 5.18. The van der Waals surface area contributed by atoms with E-state index in [1.54, 1.807) is 0 Å². The fourth-order valence-corrected chi connectivity index (χ4v) is 2.05. The molecule has 110 valence electrons. The second kappa shape index (κ2) is 6.51. The highest BCUT2D eigenvalue weighted by Crippen LogP contribution is 2.13. The fourth-order valence-electron chi connectivity index (χ4n) is 2.05. The van der Waals surface area contributed by atoms with Gasteiger partial charge in [-0.2, -0.15) is 0 Å². The Morgan fingerprint density at radius 3 is 3.20 bits per heavy atom. The van der Waals surface area contributed by atoms with Gasteiger partial charge in [0.15, 0.2) is 5.69 Å². The summed E-state index contributed by atoms with van der Waals surface area (Å²) in [7, 11) is 0. The number of aromatic nitrogens is 1. The summed E-state index contributed by atoms with van der Waals surface area (Å²) in [6, 6.07) is -0.831. The zero-order chi connectivity index (χ0) is 14.5. The molecule has 0 aromatic carbocycles. The van der Waals surface area contributed by atoms with Crippen LogP contribution in [0.1, 0.15) is 55.0 Å². The van der Waals surface area contributed by atoms with E-state index in [4.69, 9.17) is 10.2 Å². The van der Waals surface area contributed by atoms with E-state index in [1.807, 2.05) is 6.92 Å². The summed E-state index contributed by atoms with van der Waals surface area (Å²) in [5.41, 5.74) is 5.94. The minimum atomic E-state index is -0.509. The van der Waals surface area contributed by atoms with E-state index < -0.39 is 11.9 Å². The minimum absolute atomic E-state index is 0.148. The second-order valence-corrected chi connectivity index (χ2v) is 4.90. The Hall–Kier alpha value is -1.89. The van der Waals surface area contributed by atoms with Crippen LogP contribution in [0.25, 0.3) is 0 Å². The molecule has 7 heteroatoms. The molecular weight excluding hydrogens is 260 g/mol. The number of carbonyl (C=O) groups is 2. The van der Waals surface area contributed by atoms with E-state index >= 15 is 0 Å². The third-order valence-corrected chi connectivity index (χ3v) is 3.35. The van der Waals surface area contributed by atoms with Gasteiger partial charge in [0.05, 0.1) is 6.04 Å². The van der Waals surface area contributed by atoms with Crippen molar-refractivity contribution in [2.45, 2.75) is 44.7 Å². The van der Waals surface area contributed by atoms with E-state index in [2.05, 4.69) is 15.6 Å². The lowest BCUT2D eigenvalue weighted by molar-refractivity contribution is -0.122. The third-order valence-electron chi connectivity index (χ3n) is 3.35. The van der Waals surface area contributed by atoms with Crippen LogP contribution in [0, 0.1) is 0 Å². The molecule has 2 atom stereocenters. The Kier molecular flexibility index (Phi) is 4.73. The molecule has 20 heavy (non-hydrogen) atoms. The van der Waals surface area contributed by atoms with E-state index in [9.17, 15) is 9.59 Å². The predicted molar refractivity (Wildman–Crippen MR) is 71.8 cm³/mol. The number of nitrogens with two attached hydrogens (primary N) is 1. The number of carbonyl (C=O) groups excluding carboxylic acids is 2. The average Bonchev–Trinajstić information content (AvgIpc) is 2.86. The van der Waals surface area contributed by atoms with Gasteiger partial charge in [-0.3, -0.25) is 9.59 Å². The molecule has 2 unspecified atom stereocenters. The zero-order valence-corrected chi connectivity index (χ0v) is 11.5. The summed E-state index contributed by atoms with van der Waals surface area (Å²) in [5.74, 6) is -0.224. The molecule has 0 saturated carbocycles. The van der Waals surface area contributed by atoms with E-state index in [-0.39, 0.29) is 17.6 Å². The summed E-state index contributed by atoms with van der Waals surface area (Å²) in [6.45, 7) is 2.56. The van der Waals surface area contributed by atoms with Crippen molar-refractivity contribution in [3.63, 3.8) is 0 Å². The normalized spacial score (nSPS) is 20.9. The van der Waals surface area contributed by atoms with Crippen LogP contribution in [0.15, 0.2) is 10.7 Å². The lowest BCUT2D eigenvalue weighted by Crippen LogP contribution is -2.45. The average molecular weight is 280 g/mol. The number of amides is 2. The molecule has 0 bridgehead atoms. The molecule has 1 aliphatic rings. The maximum Gasteiger partial charge on any atom is 0.273 e. The maximum absolute atomic E-state index is 12.0. The SMILES string of the molecule is CCC(N)c1nc(C(=O)NC2CCCCNC2=O)co1. The molecule has 7 nitrogen and oxygen atoms in total. The van der Waals surface area contributed by atoms with Gasteiger partial charge in [-0.1, -0.05) is 6.92 Å². The highest BCUT2D eigenvalue weighted by atomic mass is 16.3. The first-order valence-corrected chi connectivity index (χ1v) is 6.91. The van der Waals surface area contributed by atoms with Gasteiger partial charge in [-0.25, -0.2) is 4.98 Å². The van der Waals surface area contributed by atoms with Crippen LogP contribution in [0.5, 0.6) is 0 Å². The van der Waals surface area contributed by atoms with Gasteiger partial charge in [-0.05, 0) is 25.7 Å². The first-order chi connectivity index (χ1) is 9.61. The van der Waals surface area contributed by atoms with Crippen molar-refractivity contribution < 1.29 is 14.0 Å². The number of nitrogens with one attached hydrogen (secondary N) is 2. The van der Waals surface area contributed by atoms with Crippen molar-refractivity contribution in [2.75, 3.05) is 6.54 Å². The Balaban J connectivity index is 2.00. The summed E-state index contributed by atoms with van der Waals surface area (Å²) in [5, 5.41) is 5.45. The monoisotopic (exact) mass is 280 g/mol. The Morgan fingerprint density at radius 1 is 1.65 bits per heavy atom. The van der Waals surface area contributed by atoms with Crippen LogP contribution in [-0.4, -0.2) is 29.4 Å². The van der Waals surface area contributed by atoms with Gasteiger partial charge < -0.3 is 20.8 Å². The molecule has 1 aliphatic heterocycles. The fraction of sp³-hybridized carbons (Fsp3) is 0.615. The standard InChI is InChI=1S/C13H20N4O3/c1-2-8(14)13-17-10(7-20-13)12(19)16-9-5-3-4-6-15-11(9)18/h7-9H,2-6,14H2,1H3,(H,15,18)(H,16,19). The van der Waals surface area contributed by atoms with Crippen LogP contribution in [0.3, 0.4) is 0 Å². The van der Waals surface area contributed by atoms with Crippen LogP contribution in [0.2, 0.25) is 0 Å². The molecule has 0 aliphatic carbocycles. The highest BCUT2D eigenvalue weighted by molar-refractivity contribution is 5.95. The summed E-state index contributed by atoms with van der Waals surface area (Å²) >= 11 is 0. The number of hydrogen-bond acceptors (Lipinski definition) is 5. The molecule has 1 saturated heterocycles. The molecule has 4 N–H and O–H groups in total. The van der Waals surface area contributed by atoms with Gasteiger partial charge in [0, 0.05) is 6.54 Å². The maximum atomic E-state index is 12.0. The lowest BCUT2D eigenvalue weighted by Gasteiger charge is -2.13. The van der Waals surface area contributed by atoms with Crippen LogP contribution < -0.4 is 16.4 Å². The second-order valence-electron chi connectivity index (χ2n) is 4.90. The van der Waals surface area contributed by atoms with E-state index in [0.29, 0.717) is 25.3 Å². The predicted octanol–water partition coefficient (Wildman–Crippen LogP) is 0.483. The molecule has 1 fully saturated rings. The van der Waals surface area contributed by atoms with E-state index in [1.165, 1.54) is 6.26 Å². The molecule has 2 rings (SSSR count). The number of oxazole rings is 1.